The lowest BCUT2D eigenvalue weighted by Crippen LogP contribution is -2.36. The Morgan fingerprint density at radius 3 is 3.08 bits per heavy atom. The van der Waals surface area contributed by atoms with Crippen molar-refractivity contribution in [2.45, 2.75) is 26.3 Å². The Labute approximate surface area is 73.4 Å². The first-order chi connectivity index (χ1) is 5.88. The van der Waals surface area contributed by atoms with Gasteiger partial charge < -0.3 is 4.74 Å². The quantitative estimate of drug-likeness (QED) is 0.515. The number of nitrogens with one attached hydrogen (secondary N) is 1. The maximum atomic E-state index is 4.99. The molecule has 0 atom stereocenters. The molecule has 0 radical (unpaired) electrons. The Morgan fingerprint density at radius 1 is 1.58 bits per heavy atom. The van der Waals surface area contributed by atoms with E-state index in [0.717, 1.165) is 26.0 Å². The highest BCUT2D eigenvalue weighted by molar-refractivity contribution is 4.75. The van der Waals surface area contributed by atoms with Crippen LogP contribution in [0.1, 0.15) is 19.2 Å². The van der Waals surface area contributed by atoms with Gasteiger partial charge in [0.1, 0.15) is 12.4 Å². The fourth-order valence-corrected chi connectivity index (χ4v) is 1.29. The van der Waals surface area contributed by atoms with Gasteiger partial charge in [-0.2, -0.15) is 0 Å². The van der Waals surface area contributed by atoms with Crippen LogP contribution in [0.3, 0.4) is 0 Å². The number of hydrogen-bond acceptors (Lipinski definition) is 1. The second-order valence-corrected chi connectivity index (χ2v) is 2.80. The summed E-state index contributed by atoms with van der Waals surface area (Å²) in [7, 11) is 1.74. The largest absolute Gasteiger partial charge is 0.385 e. The van der Waals surface area contributed by atoms with Crippen LogP contribution in [0.25, 0.3) is 0 Å². The number of aryl methyl sites for hydroxylation is 2. The van der Waals surface area contributed by atoms with Crippen LogP contribution in [0.4, 0.5) is 0 Å². The molecule has 0 unspecified atom stereocenters. The topological polar surface area (TPSA) is 28.9 Å². The summed E-state index contributed by atoms with van der Waals surface area (Å²) < 4.78 is 7.23. The molecule has 1 rings (SSSR count). The Hall–Kier alpha value is -0.830. The fourth-order valence-electron chi connectivity index (χ4n) is 1.29. The first-order valence-electron chi connectivity index (χ1n) is 4.43. The molecule has 1 N–H and O–H groups in total. The van der Waals surface area contributed by atoms with Gasteiger partial charge in [0.2, 0.25) is 0 Å². The number of ether oxygens (including phenoxy) is 1. The van der Waals surface area contributed by atoms with E-state index in [9.17, 15) is 0 Å². The average Bonchev–Trinajstić information content (AvgIpc) is 2.52. The molecule has 1 aromatic rings. The summed E-state index contributed by atoms with van der Waals surface area (Å²) in [5.41, 5.74) is 0. The summed E-state index contributed by atoms with van der Waals surface area (Å²) in [6.07, 6.45) is 6.19. The lowest BCUT2D eigenvalue weighted by atomic mass is 10.4. The number of imidazole rings is 1. The molecule has 0 saturated heterocycles. The smallest absolute Gasteiger partial charge is 0.253 e. The number of aromatic amines is 1. The van der Waals surface area contributed by atoms with E-state index >= 15 is 0 Å². The molecular weight excluding hydrogens is 152 g/mol. The van der Waals surface area contributed by atoms with E-state index < -0.39 is 0 Å². The Morgan fingerprint density at radius 2 is 2.42 bits per heavy atom. The third-order valence-corrected chi connectivity index (χ3v) is 1.93. The predicted octanol–water partition coefficient (Wildman–Crippen LogP) is 0.901. The first-order valence-corrected chi connectivity index (χ1v) is 4.43. The van der Waals surface area contributed by atoms with E-state index in [0.29, 0.717) is 0 Å². The Bertz CT molecular complexity index is 220. The van der Waals surface area contributed by atoms with Crippen LogP contribution >= 0.6 is 0 Å². The van der Waals surface area contributed by atoms with E-state index in [1.54, 1.807) is 7.11 Å². The molecular formula is C9H17N2O+. The summed E-state index contributed by atoms with van der Waals surface area (Å²) >= 11 is 0. The first kappa shape index (κ1) is 9.26. The SMILES string of the molecule is CCc1[nH]cc[n+]1CCCOC. The van der Waals surface area contributed by atoms with E-state index in [2.05, 4.69) is 22.7 Å². The number of aromatic nitrogens is 2. The third kappa shape index (κ3) is 2.34. The summed E-state index contributed by atoms with van der Waals surface area (Å²) in [6, 6.07) is 0. The van der Waals surface area contributed by atoms with Crippen molar-refractivity contribution < 1.29 is 9.30 Å². The van der Waals surface area contributed by atoms with Gasteiger partial charge in [0.15, 0.2) is 0 Å². The number of H-pyrrole nitrogens is 1. The minimum absolute atomic E-state index is 0.835. The lowest BCUT2D eigenvalue weighted by molar-refractivity contribution is -0.703. The average molecular weight is 169 g/mol. The molecule has 0 spiro atoms. The van der Waals surface area contributed by atoms with Gasteiger partial charge in [-0.05, 0) is 0 Å². The molecule has 12 heavy (non-hydrogen) atoms. The summed E-state index contributed by atoms with van der Waals surface area (Å²) in [4.78, 5) is 3.20. The molecule has 0 saturated carbocycles. The molecule has 0 aliphatic heterocycles. The number of rotatable bonds is 5. The van der Waals surface area contributed by atoms with E-state index in [1.807, 2.05) is 6.20 Å². The minimum atomic E-state index is 0.835. The molecule has 0 aliphatic rings. The molecule has 0 bridgehead atoms. The van der Waals surface area contributed by atoms with Crippen molar-refractivity contribution in [2.75, 3.05) is 13.7 Å². The normalized spacial score (nSPS) is 10.5. The van der Waals surface area contributed by atoms with Gasteiger partial charge in [0, 0.05) is 26.6 Å². The van der Waals surface area contributed by atoms with Crippen LogP contribution in [0.2, 0.25) is 0 Å². The van der Waals surface area contributed by atoms with E-state index in [-0.39, 0.29) is 0 Å². The van der Waals surface area contributed by atoms with Gasteiger partial charge in [0.25, 0.3) is 5.82 Å². The van der Waals surface area contributed by atoms with Crippen molar-refractivity contribution in [2.24, 2.45) is 0 Å². The molecule has 68 valence electrons. The number of methoxy groups -OCH3 is 1. The van der Waals surface area contributed by atoms with Gasteiger partial charge in [0.05, 0.1) is 6.54 Å². The zero-order chi connectivity index (χ0) is 8.81. The van der Waals surface area contributed by atoms with Crippen LogP contribution in [-0.2, 0) is 17.7 Å². The molecule has 1 aromatic heterocycles. The zero-order valence-corrected chi connectivity index (χ0v) is 7.84. The molecule has 3 nitrogen and oxygen atoms in total. The van der Waals surface area contributed by atoms with Crippen LogP contribution in [-0.4, -0.2) is 18.7 Å². The predicted molar refractivity (Wildman–Crippen MR) is 46.9 cm³/mol. The highest BCUT2D eigenvalue weighted by Gasteiger charge is 2.05. The third-order valence-electron chi connectivity index (χ3n) is 1.93. The van der Waals surface area contributed by atoms with Crippen molar-refractivity contribution in [3.8, 4) is 0 Å². The maximum absolute atomic E-state index is 4.99. The fraction of sp³-hybridized carbons (Fsp3) is 0.667. The van der Waals surface area contributed by atoms with E-state index in [4.69, 9.17) is 4.74 Å². The molecule has 0 amide bonds. The van der Waals surface area contributed by atoms with Gasteiger partial charge in [-0.3, -0.25) is 0 Å². The molecule has 0 aromatic carbocycles. The highest BCUT2D eigenvalue weighted by atomic mass is 16.5. The second-order valence-electron chi connectivity index (χ2n) is 2.80. The Balaban J connectivity index is 2.39. The van der Waals surface area contributed by atoms with Crippen molar-refractivity contribution >= 4 is 0 Å². The van der Waals surface area contributed by atoms with Gasteiger partial charge in [-0.1, -0.05) is 6.92 Å². The monoisotopic (exact) mass is 169 g/mol. The highest BCUT2D eigenvalue weighted by Crippen LogP contribution is 1.89. The van der Waals surface area contributed by atoms with Gasteiger partial charge in [-0.15, -0.1) is 0 Å². The lowest BCUT2D eigenvalue weighted by Gasteiger charge is -1.98. The summed E-state index contributed by atoms with van der Waals surface area (Å²) in [6.45, 7) is 4.03. The van der Waals surface area contributed by atoms with E-state index in [1.165, 1.54) is 5.82 Å². The van der Waals surface area contributed by atoms with Crippen LogP contribution in [0.15, 0.2) is 12.4 Å². The Kier molecular flexibility index (Phi) is 3.80. The number of hydrogen-bond donors (Lipinski definition) is 1. The number of nitrogens with zero attached hydrogens (tertiary/aromatic N) is 1. The van der Waals surface area contributed by atoms with Crippen molar-refractivity contribution in [3.63, 3.8) is 0 Å². The van der Waals surface area contributed by atoms with Crippen molar-refractivity contribution in [1.82, 2.24) is 4.98 Å². The molecule has 0 fully saturated rings. The van der Waals surface area contributed by atoms with Crippen molar-refractivity contribution in [1.29, 1.82) is 0 Å². The summed E-state index contributed by atoms with van der Waals surface area (Å²) in [5, 5.41) is 0. The summed E-state index contributed by atoms with van der Waals surface area (Å²) in [5.74, 6) is 1.28. The minimum Gasteiger partial charge on any atom is -0.385 e. The zero-order valence-electron chi connectivity index (χ0n) is 7.84. The second kappa shape index (κ2) is 4.93. The van der Waals surface area contributed by atoms with Crippen LogP contribution in [0, 0.1) is 0 Å². The molecule has 3 heteroatoms. The maximum Gasteiger partial charge on any atom is 0.253 e. The van der Waals surface area contributed by atoms with Crippen molar-refractivity contribution in [3.05, 3.63) is 18.2 Å². The van der Waals surface area contributed by atoms with Crippen LogP contribution in [0.5, 0.6) is 0 Å². The van der Waals surface area contributed by atoms with Gasteiger partial charge >= 0.3 is 0 Å². The van der Waals surface area contributed by atoms with Crippen LogP contribution < -0.4 is 4.57 Å². The molecule has 1 heterocycles. The van der Waals surface area contributed by atoms with Gasteiger partial charge in [-0.25, -0.2) is 9.55 Å². The molecule has 0 aliphatic carbocycles. The standard InChI is InChI=1S/C9H16N2O/c1-3-9-10-5-7-11(9)6-4-8-12-2/h5,7H,3-4,6,8H2,1-2H3/p+1.